The van der Waals surface area contributed by atoms with Gasteiger partial charge in [0, 0.05) is 31.5 Å². The van der Waals surface area contributed by atoms with E-state index in [4.69, 9.17) is 0 Å². The summed E-state index contributed by atoms with van der Waals surface area (Å²) in [6, 6.07) is 10.5. The fourth-order valence-corrected chi connectivity index (χ4v) is 2.33. The van der Waals surface area contributed by atoms with E-state index in [1.165, 1.54) is 5.56 Å². The lowest BCUT2D eigenvalue weighted by Crippen LogP contribution is -2.32. The van der Waals surface area contributed by atoms with Crippen LogP contribution in [0.4, 0.5) is 5.95 Å². The molecule has 1 heterocycles. The van der Waals surface area contributed by atoms with E-state index >= 15 is 0 Å². The number of hydrogen-bond donors (Lipinski definition) is 1. The van der Waals surface area contributed by atoms with Crippen LogP contribution in [0, 0.1) is 0 Å². The van der Waals surface area contributed by atoms with Crippen LogP contribution in [0.2, 0.25) is 0 Å². The minimum absolute atomic E-state index is 0.117. The standard InChI is InChI=1S/C19H26N4O/c1-4-5-11-20-18(24)17-12-21-19(22-13-17)23(15(2)3)14-16-9-7-6-8-10-16/h6-10,12-13,15H,4-5,11,14H2,1-3H3,(H,20,24). The number of aromatic nitrogens is 2. The number of nitrogens with one attached hydrogen (secondary N) is 1. The van der Waals surface area contributed by atoms with Crippen LogP contribution >= 0.6 is 0 Å². The third kappa shape index (κ3) is 5.05. The average Bonchev–Trinajstić information content (AvgIpc) is 2.60. The highest BCUT2D eigenvalue weighted by Crippen LogP contribution is 2.15. The highest BCUT2D eigenvalue weighted by Gasteiger charge is 2.15. The van der Waals surface area contributed by atoms with Crippen LogP contribution in [-0.4, -0.2) is 28.5 Å². The second-order valence-electron chi connectivity index (χ2n) is 6.09. The maximum Gasteiger partial charge on any atom is 0.254 e. The molecule has 24 heavy (non-hydrogen) atoms. The molecule has 0 unspecified atom stereocenters. The summed E-state index contributed by atoms with van der Waals surface area (Å²) in [6.07, 6.45) is 5.23. The Morgan fingerprint density at radius 3 is 2.42 bits per heavy atom. The van der Waals surface area contributed by atoms with Crippen molar-refractivity contribution in [2.75, 3.05) is 11.4 Å². The first kappa shape index (κ1) is 17.9. The topological polar surface area (TPSA) is 58.1 Å². The Labute approximate surface area is 144 Å². The van der Waals surface area contributed by atoms with Gasteiger partial charge in [-0.05, 0) is 25.8 Å². The Morgan fingerprint density at radius 1 is 1.17 bits per heavy atom. The normalized spacial score (nSPS) is 10.7. The molecule has 1 aromatic carbocycles. The van der Waals surface area contributed by atoms with Gasteiger partial charge in [-0.1, -0.05) is 43.7 Å². The van der Waals surface area contributed by atoms with Crippen LogP contribution in [0.5, 0.6) is 0 Å². The van der Waals surface area contributed by atoms with Gasteiger partial charge in [0.2, 0.25) is 5.95 Å². The van der Waals surface area contributed by atoms with Crippen molar-refractivity contribution < 1.29 is 4.79 Å². The molecule has 1 amide bonds. The first-order valence-electron chi connectivity index (χ1n) is 8.52. The van der Waals surface area contributed by atoms with Crippen molar-refractivity contribution in [2.45, 2.75) is 46.2 Å². The lowest BCUT2D eigenvalue weighted by Gasteiger charge is -2.26. The van der Waals surface area contributed by atoms with Gasteiger partial charge in [0.1, 0.15) is 0 Å². The van der Waals surface area contributed by atoms with Crippen LogP contribution < -0.4 is 10.2 Å². The van der Waals surface area contributed by atoms with Gasteiger partial charge in [-0.3, -0.25) is 4.79 Å². The average molecular weight is 326 g/mol. The molecular formula is C19H26N4O. The lowest BCUT2D eigenvalue weighted by atomic mass is 10.2. The van der Waals surface area contributed by atoms with Gasteiger partial charge in [-0.15, -0.1) is 0 Å². The van der Waals surface area contributed by atoms with Crippen molar-refractivity contribution in [3.8, 4) is 0 Å². The minimum Gasteiger partial charge on any atom is -0.352 e. The van der Waals surface area contributed by atoms with E-state index in [9.17, 15) is 4.79 Å². The molecular weight excluding hydrogens is 300 g/mol. The molecule has 0 aliphatic heterocycles. The van der Waals surface area contributed by atoms with Crippen molar-refractivity contribution in [3.05, 3.63) is 53.9 Å². The minimum atomic E-state index is -0.117. The lowest BCUT2D eigenvalue weighted by molar-refractivity contribution is 0.0952. The van der Waals surface area contributed by atoms with Crippen molar-refractivity contribution in [1.29, 1.82) is 0 Å². The SMILES string of the molecule is CCCCNC(=O)c1cnc(N(Cc2ccccc2)C(C)C)nc1. The van der Waals surface area contributed by atoms with Crippen LogP contribution in [0.3, 0.4) is 0 Å². The fourth-order valence-electron chi connectivity index (χ4n) is 2.33. The highest BCUT2D eigenvalue weighted by molar-refractivity contribution is 5.93. The van der Waals surface area contributed by atoms with Gasteiger partial charge >= 0.3 is 0 Å². The number of nitrogens with zero attached hydrogens (tertiary/aromatic N) is 3. The van der Waals surface area contributed by atoms with E-state index in [0.717, 1.165) is 19.4 Å². The van der Waals surface area contributed by atoms with Gasteiger partial charge in [-0.2, -0.15) is 0 Å². The van der Waals surface area contributed by atoms with E-state index in [-0.39, 0.29) is 11.9 Å². The fraction of sp³-hybridized carbons (Fsp3) is 0.421. The van der Waals surface area contributed by atoms with Crippen LogP contribution in [0.25, 0.3) is 0 Å². The summed E-state index contributed by atoms with van der Waals surface area (Å²) in [7, 11) is 0. The quantitative estimate of drug-likeness (QED) is 0.755. The van der Waals surface area contributed by atoms with Crippen molar-refractivity contribution in [1.82, 2.24) is 15.3 Å². The Bertz CT molecular complexity index is 626. The van der Waals surface area contributed by atoms with Crippen molar-refractivity contribution >= 4 is 11.9 Å². The van der Waals surface area contributed by atoms with Crippen molar-refractivity contribution in [3.63, 3.8) is 0 Å². The number of amides is 1. The van der Waals surface area contributed by atoms with E-state index in [2.05, 4.69) is 53.1 Å². The molecule has 0 fully saturated rings. The molecule has 1 N–H and O–H groups in total. The Balaban J connectivity index is 2.07. The molecule has 0 saturated heterocycles. The molecule has 0 radical (unpaired) electrons. The van der Waals surface area contributed by atoms with E-state index < -0.39 is 0 Å². The number of anilines is 1. The van der Waals surface area contributed by atoms with E-state index in [0.29, 0.717) is 18.1 Å². The maximum absolute atomic E-state index is 12.0. The van der Waals surface area contributed by atoms with Crippen LogP contribution in [0.15, 0.2) is 42.7 Å². The van der Waals surface area contributed by atoms with Gasteiger partial charge < -0.3 is 10.2 Å². The molecule has 2 rings (SSSR count). The number of carbonyl (C=O) groups excluding carboxylic acids is 1. The van der Waals surface area contributed by atoms with Gasteiger partial charge in [0.15, 0.2) is 0 Å². The van der Waals surface area contributed by atoms with Crippen LogP contribution in [0.1, 0.15) is 49.5 Å². The summed E-state index contributed by atoms with van der Waals surface area (Å²) in [6.45, 7) is 7.73. The Morgan fingerprint density at radius 2 is 1.83 bits per heavy atom. The molecule has 1 aromatic heterocycles. The largest absolute Gasteiger partial charge is 0.352 e. The first-order chi connectivity index (χ1) is 11.6. The zero-order chi connectivity index (χ0) is 17.4. The maximum atomic E-state index is 12.0. The highest BCUT2D eigenvalue weighted by atomic mass is 16.1. The summed E-state index contributed by atoms with van der Waals surface area (Å²) in [4.78, 5) is 22.9. The third-order valence-electron chi connectivity index (χ3n) is 3.79. The zero-order valence-electron chi connectivity index (χ0n) is 14.7. The number of carbonyl (C=O) groups is 1. The predicted molar refractivity (Wildman–Crippen MR) is 97.0 cm³/mol. The molecule has 0 atom stereocenters. The van der Waals surface area contributed by atoms with Gasteiger partial charge in [-0.25, -0.2) is 9.97 Å². The molecule has 0 aliphatic carbocycles. The molecule has 0 bridgehead atoms. The summed E-state index contributed by atoms with van der Waals surface area (Å²) in [5, 5.41) is 2.88. The predicted octanol–water partition coefficient (Wildman–Crippen LogP) is 3.42. The molecule has 0 spiro atoms. The molecule has 5 nitrogen and oxygen atoms in total. The Kier molecular flexibility index (Phi) is 6.73. The smallest absolute Gasteiger partial charge is 0.254 e. The first-order valence-corrected chi connectivity index (χ1v) is 8.52. The number of hydrogen-bond acceptors (Lipinski definition) is 4. The molecule has 128 valence electrons. The summed E-state index contributed by atoms with van der Waals surface area (Å²) in [5.74, 6) is 0.521. The molecule has 5 heteroatoms. The van der Waals surface area contributed by atoms with E-state index in [1.54, 1.807) is 12.4 Å². The summed E-state index contributed by atoms with van der Waals surface area (Å²) >= 11 is 0. The van der Waals surface area contributed by atoms with E-state index in [1.807, 2.05) is 18.2 Å². The summed E-state index contributed by atoms with van der Waals surface area (Å²) < 4.78 is 0. The van der Waals surface area contributed by atoms with Gasteiger partial charge in [0.25, 0.3) is 5.91 Å². The third-order valence-corrected chi connectivity index (χ3v) is 3.79. The van der Waals surface area contributed by atoms with Crippen LogP contribution in [-0.2, 0) is 6.54 Å². The number of unbranched alkanes of at least 4 members (excludes halogenated alkanes) is 1. The monoisotopic (exact) mass is 326 g/mol. The van der Waals surface area contributed by atoms with Gasteiger partial charge in [0.05, 0.1) is 5.56 Å². The second kappa shape index (κ2) is 9.01. The Hall–Kier alpha value is -2.43. The molecule has 0 saturated carbocycles. The zero-order valence-corrected chi connectivity index (χ0v) is 14.7. The second-order valence-corrected chi connectivity index (χ2v) is 6.09. The molecule has 2 aromatic rings. The number of benzene rings is 1. The number of rotatable bonds is 8. The summed E-state index contributed by atoms with van der Waals surface area (Å²) in [5.41, 5.74) is 1.70. The molecule has 0 aliphatic rings. The van der Waals surface area contributed by atoms with Crippen molar-refractivity contribution in [2.24, 2.45) is 0 Å².